The van der Waals surface area contributed by atoms with Crippen molar-refractivity contribution < 1.29 is 14.7 Å². The summed E-state index contributed by atoms with van der Waals surface area (Å²) in [5.41, 5.74) is 0.513. The van der Waals surface area contributed by atoms with Crippen molar-refractivity contribution in [1.82, 2.24) is 0 Å². The molecular formula is C12H13ClO3. The lowest BCUT2D eigenvalue weighted by Gasteiger charge is -2.02. The molecule has 16 heavy (non-hydrogen) atoms. The number of unbranched alkanes of at least 4 members (excludes halogenated alkanes) is 1. The van der Waals surface area contributed by atoms with Gasteiger partial charge in [0, 0.05) is 18.4 Å². The zero-order valence-corrected chi connectivity index (χ0v) is 9.54. The number of rotatable bonds is 6. The number of carbonyl (C=O) groups is 2. The highest BCUT2D eigenvalue weighted by Crippen LogP contribution is 2.17. The Morgan fingerprint density at radius 1 is 1.12 bits per heavy atom. The molecule has 0 aliphatic carbocycles. The molecule has 4 heteroatoms. The van der Waals surface area contributed by atoms with Crippen LogP contribution >= 0.6 is 11.6 Å². The maximum absolute atomic E-state index is 11.7. The van der Waals surface area contributed by atoms with Gasteiger partial charge in [-0.1, -0.05) is 23.7 Å². The fraction of sp³-hybridized carbons (Fsp3) is 0.333. The first kappa shape index (κ1) is 12.7. The van der Waals surface area contributed by atoms with Gasteiger partial charge in [0.1, 0.15) is 0 Å². The Labute approximate surface area is 99.0 Å². The monoisotopic (exact) mass is 240 g/mol. The molecule has 0 radical (unpaired) electrons. The van der Waals surface area contributed by atoms with Crippen LogP contribution in [0.25, 0.3) is 0 Å². The quantitative estimate of drug-likeness (QED) is 0.614. The van der Waals surface area contributed by atoms with Crippen LogP contribution in [0.15, 0.2) is 24.3 Å². The minimum Gasteiger partial charge on any atom is -0.481 e. The average Bonchev–Trinajstić information content (AvgIpc) is 2.24. The smallest absolute Gasteiger partial charge is 0.303 e. The van der Waals surface area contributed by atoms with Crippen LogP contribution < -0.4 is 0 Å². The van der Waals surface area contributed by atoms with Crippen molar-refractivity contribution in [2.75, 3.05) is 0 Å². The second-order valence-corrected chi connectivity index (χ2v) is 3.91. The number of ketones is 1. The first-order chi connectivity index (χ1) is 7.61. The van der Waals surface area contributed by atoms with E-state index in [9.17, 15) is 9.59 Å². The van der Waals surface area contributed by atoms with Crippen LogP contribution in [0.1, 0.15) is 36.0 Å². The Morgan fingerprint density at radius 2 is 1.75 bits per heavy atom. The Hall–Kier alpha value is -1.35. The number of hydrogen-bond acceptors (Lipinski definition) is 2. The van der Waals surface area contributed by atoms with Gasteiger partial charge in [-0.25, -0.2) is 0 Å². The van der Waals surface area contributed by atoms with Crippen LogP contribution in [-0.2, 0) is 4.79 Å². The highest BCUT2D eigenvalue weighted by molar-refractivity contribution is 6.33. The van der Waals surface area contributed by atoms with Gasteiger partial charge < -0.3 is 5.11 Å². The van der Waals surface area contributed by atoms with Gasteiger partial charge >= 0.3 is 5.97 Å². The number of carbonyl (C=O) groups excluding carboxylic acids is 1. The van der Waals surface area contributed by atoms with Crippen LogP contribution in [0.4, 0.5) is 0 Å². The van der Waals surface area contributed by atoms with Gasteiger partial charge in [-0.3, -0.25) is 9.59 Å². The fourth-order valence-corrected chi connectivity index (χ4v) is 1.62. The number of carboxylic acids is 1. The molecule has 0 aliphatic heterocycles. The highest BCUT2D eigenvalue weighted by Gasteiger charge is 2.09. The summed E-state index contributed by atoms with van der Waals surface area (Å²) >= 11 is 5.87. The van der Waals surface area contributed by atoms with Crippen molar-refractivity contribution in [2.45, 2.75) is 25.7 Å². The SMILES string of the molecule is O=C(O)CCCCC(=O)c1ccccc1Cl. The molecular weight excluding hydrogens is 228 g/mol. The number of Topliss-reactive ketones (excluding diaryl/α,β-unsaturated/α-hetero) is 1. The molecule has 0 saturated carbocycles. The topological polar surface area (TPSA) is 54.4 Å². The van der Waals surface area contributed by atoms with Gasteiger partial charge in [0.25, 0.3) is 0 Å². The second kappa shape index (κ2) is 6.28. The largest absolute Gasteiger partial charge is 0.481 e. The van der Waals surface area contributed by atoms with Gasteiger partial charge in [0.2, 0.25) is 0 Å². The minimum atomic E-state index is -0.829. The van der Waals surface area contributed by atoms with Crippen molar-refractivity contribution in [3.8, 4) is 0 Å². The summed E-state index contributed by atoms with van der Waals surface area (Å²) in [5, 5.41) is 8.88. The molecule has 1 aromatic rings. The van der Waals surface area contributed by atoms with E-state index in [-0.39, 0.29) is 12.2 Å². The van der Waals surface area contributed by atoms with Crippen molar-refractivity contribution in [1.29, 1.82) is 0 Å². The summed E-state index contributed by atoms with van der Waals surface area (Å²) in [6.07, 6.45) is 1.55. The summed E-state index contributed by atoms with van der Waals surface area (Å²) in [5.74, 6) is -0.860. The van der Waals surface area contributed by atoms with Gasteiger partial charge in [-0.15, -0.1) is 0 Å². The number of aliphatic carboxylic acids is 1. The lowest BCUT2D eigenvalue weighted by atomic mass is 10.0. The number of hydrogen-bond donors (Lipinski definition) is 1. The van der Waals surface area contributed by atoms with E-state index < -0.39 is 5.97 Å². The number of halogens is 1. The molecule has 0 fully saturated rings. The van der Waals surface area contributed by atoms with E-state index in [0.717, 1.165) is 0 Å². The number of carboxylic acid groups (broad SMARTS) is 1. The molecule has 0 heterocycles. The van der Waals surface area contributed by atoms with Crippen molar-refractivity contribution in [3.63, 3.8) is 0 Å². The van der Waals surface area contributed by atoms with E-state index in [0.29, 0.717) is 29.8 Å². The van der Waals surface area contributed by atoms with Crippen molar-refractivity contribution in [2.24, 2.45) is 0 Å². The van der Waals surface area contributed by atoms with E-state index in [1.165, 1.54) is 0 Å². The van der Waals surface area contributed by atoms with Gasteiger partial charge in [-0.05, 0) is 25.0 Å². The minimum absolute atomic E-state index is 0.0315. The first-order valence-electron chi connectivity index (χ1n) is 5.11. The van der Waals surface area contributed by atoms with Crippen LogP contribution in [-0.4, -0.2) is 16.9 Å². The molecule has 0 saturated heterocycles. The van der Waals surface area contributed by atoms with Crippen LogP contribution in [0, 0.1) is 0 Å². The van der Waals surface area contributed by atoms with E-state index >= 15 is 0 Å². The summed E-state index contributed by atoms with van der Waals surface area (Å²) < 4.78 is 0. The summed E-state index contributed by atoms with van der Waals surface area (Å²) in [4.78, 5) is 21.9. The predicted molar refractivity (Wildman–Crippen MR) is 61.9 cm³/mol. The normalized spacial score (nSPS) is 10.1. The standard InChI is InChI=1S/C12H13ClO3/c13-10-6-2-1-5-9(10)11(14)7-3-4-8-12(15)16/h1-2,5-6H,3-4,7-8H2,(H,15,16). The van der Waals surface area contributed by atoms with Gasteiger partial charge in [0.15, 0.2) is 5.78 Å². The van der Waals surface area contributed by atoms with Crippen LogP contribution in [0.2, 0.25) is 5.02 Å². The summed E-state index contributed by atoms with van der Waals surface area (Å²) in [6.45, 7) is 0. The third-order valence-electron chi connectivity index (χ3n) is 2.22. The zero-order valence-electron chi connectivity index (χ0n) is 8.78. The highest BCUT2D eigenvalue weighted by atomic mass is 35.5. The molecule has 1 aromatic carbocycles. The molecule has 0 amide bonds. The third kappa shape index (κ3) is 4.03. The Morgan fingerprint density at radius 3 is 2.38 bits per heavy atom. The molecule has 0 aliphatic rings. The molecule has 86 valence electrons. The maximum Gasteiger partial charge on any atom is 0.303 e. The summed E-state index contributed by atoms with van der Waals surface area (Å²) in [7, 11) is 0. The number of benzene rings is 1. The lowest BCUT2D eigenvalue weighted by molar-refractivity contribution is -0.137. The summed E-state index contributed by atoms with van der Waals surface area (Å²) in [6, 6.07) is 6.88. The van der Waals surface area contributed by atoms with E-state index in [2.05, 4.69) is 0 Å². The van der Waals surface area contributed by atoms with Crippen molar-refractivity contribution >= 4 is 23.4 Å². The first-order valence-corrected chi connectivity index (χ1v) is 5.48. The molecule has 3 nitrogen and oxygen atoms in total. The fourth-order valence-electron chi connectivity index (χ4n) is 1.38. The Kier molecular flexibility index (Phi) is 4.99. The average molecular weight is 241 g/mol. The maximum atomic E-state index is 11.7. The van der Waals surface area contributed by atoms with Crippen LogP contribution in [0.3, 0.4) is 0 Å². The van der Waals surface area contributed by atoms with Crippen LogP contribution in [0.5, 0.6) is 0 Å². The Bertz CT molecular complexity index is 388. The molecule has 0 unspecified atom stereocenters. The third-order valence-corrected chi connectivity index (χ3v) is 2.55. The second-order valence-electron chi connectivity index (χ2n) is 3.50. The van der Waals surface area contributed by atoms with E-state index in [1.54, 1.807) is 24.3 Å². The lowest BCUT2D eigenvalue weighted by Crippen LogP contribution is -2.01. The van der Waals surface area contributed by atoms with Gasteiger partial charge in [0.05, 0.1) is 5.02 Å². The molecule has 1 rings (SSSR count). The molecule has 0 atom stereocenters. The molecule has 0 bridgehead atoms. The molecule has 0 aromatic heterocycles. The molecule has 0 spiro atoms. The molecule has 1 N–H and O–H groups in total. The Balaban J connectivity index is 2.41. The zero-order chi connectivity index (χ0) is 12.0. The van der Waals surface area contributed by atoms with Gasteiger partial charge in [-0.2, -0.15) is 0 Å². The van der Waals surface area contributed by atoms with E-state index in [4.69, 9.17) is 16.7 Å². The predicted octanol–water partition coefficient (Wildman–Crippen LogP) is 3.17. The van der Waals surface area contributed by atoms with Crippen molar-refractivity contribution in [3.05, 3.63) is 34.9 Å². The van der Waals surface area contributed by atoms with E-state index in [1.807, 2.05) is 0 Å².